The lowest BCUT2D eigenvalue weighted by molar-refractivity contribution is -0.121. The monoisotopic (exact) mass is 365 g/mol. The number of aromatic nitrogens is 1. The van der Waals surface area contributed by atoms with Crippen LogP contribution >= 0.6 is 11.8 Å². The molecule has 1 aromatic heterocycles. The summed E-state index contributed by atoms with van der Waals surface area (Å²) in [5.41, 5.74) is 1.72. The lowest BCUT2D eigenvalue weighted by atomic mass is 10.2. The molecule has 0 saturated carbocycles. The first-order chi connectivity index (χ1) is 12.6. The number of amidine groups is 1. The summed E-state index contributed by atoms with van der Waals surface area (Å²) in [7, 11) is 1.61. The van der Waals surface area contributed by atoms with Crippen molar-refractivity contribution in [2.24, 2.45) is 4.99 Å². The quantitative estimate of drug-likeness (QED) is 0.589. The van der Waals surface area contributed by atoms with Crippen molar-refractivity contribution in [3.8, 4) is 5.75 Å². The van der Waals surface area contributed by atoms with Crippen molar-refractivity contribution >= 4 is 34.7 Å². The molecule has 0 aliphatic carbocycles. The Hall–Kier alpha value is -2.86. The number of ether oxygens (including phenoxy) is 1. The van der Waals surface area contributed by atoms with Gasteiger partial charge in [-0.15, -0.1) is 6.58 Å². The Morgan fingerprint density at radius 1 is 1.27 bits per heavy atom. The molecule has 0 bridgehead atoms. The summed E-state index contributed by atoms with van der Waals surface area (Å²) in [5, 5.41) is 0.592. The van der Waals surface area contributed by atoms with Crippen molar-refractivity contribution < 1.29 is 9.53 Å². The summed E-state index contributed by atoms with van der Waals surface area (Å²) in [5.74, 6) is 1.19. The molecule has 2 heterocycles. The molecule has 0 radical (unpaired) electrons. The van der Waals surface area contributed by atoms with Gasteiger partial charge in [-0.25, -0.2) is 9.98 Å². The highest BCUT2D eigenvalue weighted by atomic mass is 32.2. The Labute approximate surface area is 157 Å². The van der Waals surface area contributed by atoms with Crippen LogP contribution in [0.1, 0.15) is 11.3 Å². The molecule has 1 fully saturated rings. The molecule has 1 aliphatic heterocycles. The van der Waals surface area contributed by atoms with E-state index in [1.807, 2.05) is 55.5 Å². The molecule has 132 valence electrons. The zero-order valence-electron chi connectivity index (χ0n) is 14.7. The van der Waals surface area contributed by atoms with E-state index in [9.17, 15) is 4.79 Å². The Morgan fingerprint density at radius 3 is 2.81 bits per heavy atom. The summed E-state index contributed by atoms with van der Waals surface area (Å²) in [6.45, 7) is 6.03. The van der Waals surface area contributed by atoms with Crippen LogP contribution in [-0.4, -0.2) is 34.6 Å². The van der Waals surface area contributed by atoms with Crippen molar-refractivity contribution in [3.63, 3.8) is 0 Å². The van der Waals surface area contributed by atoms with Gasteiger partial charge in [0.15, 0.2) is 11.0 Å². The molecule has 26 heavy (non-hydrogen) atoms. The average molecular weight is 365 g/mol. The second-order valence-electron chi connectivity index (χ2n) is 5.59. The van der Waals surface area contributed by atoms with E-state index in [0.29, 0.717) is 22.4 Å². The number of rotatable bonds is 5. The van der Waals surface area contributed by atoms with Crippen molar-refractivity contribution in [1.82, 2.24) is 9.88 Å². The Morgan fingerprint density at radius 2 is 2.08 bits per heavy atom. The van der Waals surface area contributed by atoms with Crippen molar-refractivity contribution in [2.45, 2.75) is 6.92 Å². The van der Waals surface area contributed by atoms with Crippen LogP contribution in [0.2, 0.25) is 0 Å². The fourth-order valence-electron chi connectivity index (χ4n) is 2.50. The van der Waals surface area contributed by atoms with E-state index in [2.05, 4.69) is 16.6 Å². The van der Waals surface area contributed by atoms with Gasteiger partial charge < -0.3 is 4.74 Å². The van der Waals surface area contributed by atoms with E-state index in [0.717, 1.165) is 17.0 Å². The van der Waals surface area contributed by atoms with Crippen LogP contribution in [0.3, 0.4) is 0 Å². The van der Waals surface area contributed by atoms with Gasteiger partial charge in [0.05, 0.1) is 12.0 Å². The summed E-state index contributed by atoms with van der Waals surface area (Å²) >= 11 is 1.33. The van der Waals surface area contributed by atoms with Gasteiger partial charge >= 0.3 is 0 Å². The number of pyridine rings is 1. The number of methoxy groups -OCH3 is 1. The Balaban J connectivity index is 1.98. The van der Waals surface area contributed by atoms with E-state index in [-0.39, 0.29) is 5.91 Å². The largest absolute Gasteiger partial charge is 0.496 e. The lowest BCUT2D eigenvalue weighted by Gasteiger charge is -2.12. The maximum atomic E-state index is 12.8. The second kappa shape index (κ2) is 8.01. The first kappa shape index (κ1) is 17.9. The van der Waals surface area contributed by atoms with E-state index >= 15 is 0 Å². The summed E-state index contributed by atoms with van der Waals surface area (Å²) in [6.07, 6.45) is 3.51. The molecule has 2 aromatic rings. The fourth-order valence-corrected chi connectivity index (χ4v) is 3.48. The third-order valence-electron chi connectivity index (χ3n) is 3.71. The summed E-state index contributed by atoms with van der Waals surface area (Å²) < 4.78 is 5.37. The van der Waals surface area contributed by atoms with Crippen LogP contribution in [0.15, 0.2) is 65.0 Å². The molecule has 1 aromatic carbocycles. The maximum Gasteiger partial charge on any atom is 0.267 e. The highest BCUT2D eigenvalue weighted by Gasteiger charge is 2.32. The molecule has 1 amide bonds. The van der Waals surface area contributed by atoms with E-state index in [1.165, 1.54) is 11.8 Å². The molecule has 1 saturated heterocycles. The molecular weight excluding hydrogens is 346 g/mol. The van der Waals surface area contributed by atoms with Crippen LogP contribution < -0.4 is 4.74 Å². The normalized spacial score (nSPS) is 17.2. The minimum atomic E-state index is -0.104. The number of hydrogen-bond acceptors (Lipinski definition) is 5. The molecule has 0 spiro atoms. The molecule has 5 nitrogen and oxygen atoms in total. The van der Waals surface area contributed by atoms with Gasteiger partial charge in [0.25, 0.3) is 5.91 Å². The third kappa shape index (κ3) is 3.86. The Bertz CT molecular complexity index is 905. The van der Waals surface area contributed by atoms with Gasteiger partial charge in [0.1, 0.15) is 5.75 Å². The average Bonchev–Trinajstić information content (AvgIpc) is 2.91. The Kier molecular flexibility index (Phi) is 5.53. The highest BCUT2D eigenvalue weighted by Crippen LogP contribution is 2.35. The topological polar surface area (TPSA) is 54.8 Å². The molecule has 3 rings (SSSR count). The molecule has 0 N–H and O–H groups in total. The number of para-hydroxylation sites is 1. The van der Waals surface area contributed by atoms with Gasteiger partial charge in [0.2, 0.25) is 0 Å². The summed E-state index contributed by atoms with van der Waals surface area (Å²) in [6, 6.07) is 13.2. The minimum Gasteiger partial charge on any atom is -0.496 e. The van der Waals surface area contributed by atoms with Crippen LogP contribution in [0, 0.1) is 6.92 Å². The summed E-state index contributed by atoms with van der Waals surface area (Å²) in [4.78, 5) is 23.9. The third-order valence-corrected chi connectivity index (χ3v) is 4.72. The number of nitrogens with zero attached hydrogens (tertiary/aromatic N) is 3. The first-order valence-corrected chi connectivity index (χ1v) is 8.91. The minimum absolute atomic E-state index is 0.104. The zero-order valence-corrected chi connectivity index (χ0v) is 15.5. The standard InChI is InChI=1S/C20H19N3O2S/c1-4-12-23-19(24)17(13-15-9-5-6-10-16(15)25-3)26-20(23)22-18-11-7-8-14(2)21-18/h4-11,13H,1,12H2,2-3H3/b17-13-,22-20+. The van der Waals surface area contributed by atoms with E-state index in [4.69, 9.17) is 4.74 Å². The molecule has 0 atom stereocenters. The SMILES string of the molecule is C=CCN1C(=O)/C(=C/c2ccccc2OC)S/C1=N/c1cccc(C)n1. The maximum absolute atomic E-state index is 12.8. The smallest absolute Gasteiger partial charge is 0.267 e. The second-order valence-corrected chi connectivity index (χ2v) is 6.60. The van der Waals surface area contributed by atoms with Crippen molar-refractivity contribution in [3.05, 3.63) is 71.3 Å². The number of carbonyl (C=O) groups is 1. The number of benzene rings is 1. The first-order valence-electron chi connectivity index (χ1n) is 8.10. The number of aryl methyl sites for hydroxylation is 1. The molecule has 6 heteroatoms. The van der Waals surface area contributed by atoms with Crippen molar-refractivity contribution in [2.75, 3.05) is 13.7 Å². The number of thioether (sulfide) groups is 1. The molecular formula is C20H19N3O2S. The van der Waals surface area contributed by atoms with Crippen LogP contribution in [0.4, 0.5) is 5.82 Å². The van der Waals surface area contributed by atoms with Crippen LogP contribution in [-0.2, 0) is 4.79 Å². The predicted molar refractivity (Wildman–Crippen MR) is 107 cm³/mol. The number of carbonyl (C=O) groups excluding carboxylic acids is 1. The lowest BCUT2D eigenvalue weighted by Crippen LogP contribution is -2.29. The van der Waals surface area contributed by atoms with Gasteiger partial charge in [-0.2, -0.15) is 0 Å². The fraction of sp³-hybridized carbons (Fsp3) is 0.150. The van der Waals surface area contributed by atoms with Crippen LogP contribution in [0.5, 0.6) is 5.75 Å². The number of amides is 1. The predicted octanol–water partition coefficient (Wildman–Crippen LogP) is 4.19. The number of hydrogen-bond donors (Lipinski definition) is 0. The van der Waals surface area contributed by atoms with E-state index < -0.39 is 0 Å². The van der Waals surface area contributed by atoms with Gasteiger partial charge in [-0.3, -0.25) is 9.69 Å². The van der Waals surface area contributed by atoms with Crippen molar-refractivity contribution in [1.29, 1.82) is 0 Å². The molecule has 0 unspecified atom stereocenters. The number of aliphatic imine (C=N–C) groups is 1. The highest BCUT2D eigenvalue weighted by molar-refractivity contribution is 8.18. The van der Waals surface area contributed by atoms with Gasteiger partial charge in [0, 0.05) is 17.8 Å². The van der Waals surface area contributed by atoms with Crippen LogP contribution in [0.25, 0.3) is 6.08 Å². The van der Waals surface area contributed by atoms with Gasteiger partial charge in [-0.1, -0.05) is 30.3 Å². The van der Waals surface area contributed by atoms with Gasteiger partial charge in [-0.05, 0) is 43.0 Å². The molecule has 1 aliphatic rings. The van der Waals surface area contributed by atoms with E-state index in [1.54, 1.807) is 18.1 Å². The zero-order chi connectivity index (χ0) is 18.5.